The van der Waals surface area contributed by atoms with Crippen LogP contribution >= 0.6 is 11.6 Å². The van der Waals surface area contributed by atoms with Gasteiger partial charge in [0.15, 0.2) is 0 Å². The molecule has 1 aliphatic rings. The Kier molecular flexibility index (Phi) is 4.53. The van der Waals surface area contributed by atoms with Gasteiger partial charge in [-0.1, -0.05) is 29.8 Å². The highest BCUT2D eigenvalue weighted by molar-refractivity contribution is 7.89. The molecule has 0 saturated carbocycles. The van der Waals surface area contributed by atoms with E-state index in [0.29, 0.717) is 9.33 Å². The normalized spacial score (nSPS) is 18.9. The largest absolute Gasteiger partial charge is 0.350 e. The maximum absolute atomic E-state index is 12.1. The average molecular weight is 331 g/mol. The van der Waals surface area contributed by atoms with Gasteiger partial charge in [-0.3, -0.25) is 9.59 Å². The van der Waals surface area contributed by atoms with Crippen molar-refractivity contribution >= 4 is 33.4 Å². The molecule has 8 heteroatoms. The van der Waals surface area contributed by atoms with Crippen LogP contribution in [0.1, 0.15) is 18.4 Å². The number of hydrogen-bond acceptors (Lipinski definition) is 4. The van der Waals surface area contributed by atoms with E-state index >= 15 is 0 Å². The molecule has 1 saturated heterocycles. The van der Waals surface area contributed by atoms with Crippen molar-refractivity contribution in [2.24, 2.45) is 0 Å². The first-order valence-corrected chi connectivity index (χ1v) is 8.56. The van der Waals surface area contributed by atoms with Crippen LogP contribution in [0, 0.1) is 0 Å². The molecular formula is C13H15ClN2O4S. The summed E-state index contributed by atoms with van der Waals surface area (Å²) in [6, 6.07) is 6.04. The zero-order valence-electron chi connectivity index (χ0n) is 11.4. The van der Waals surface area contributed by atoms with Gasteiger partial charge in [0, 0.05) is 18.0 Å². The van der Waals surface area contributed by atoms with E-state index in [-0.39, 0.29) is 19.4 Å². The van der Waals surface area contributed by atoms with Crippen molar-refractivity contribution in [1.29, 1.82) is 0 Å². The van der Waals surface area contributed by atoms with Crippen LogP contribution < -0.4 is 5.32 Å². The summed E-state index contributed by atoms with van der Waals surface area (Å²) in [6.45, 7) is 0.181. The van der Waals surface area contributed by atoms with E-state index in [1.165, 1.54) is 0 Å². The van der Waals surface area contributed by atoms with Crippen LogP contribution in [0.3, 0.4) is 0 Å². The van der Waals surface area contributed by atoms with Crippen molar-refractivity contribution in [1.82, 2.24) is 9.62 Å². The third kappa shape index (κ3) is 3.54. The average Bonchev–Trinajstić information content (AvgIpc) is 2.79. The SMILES string of the molecule is CS(=O)(=O)N1C(=O)CCC1C(=O)NCc1ccccc1Cl. The van der Waals surface area contributed by atoms with Gasteiger partial charge < -0.3 is 5.32 Å². The summed E-state index contributed by atoms with van der Waals surface area (Å²) in [4.78, 5) is 23.7. The fraction of sp³-hybridized carbons (Fsp3) is 0.385. The Hall–Kier alpha value is -1.60. The fourth-order valence-electron chi connectivity index (χ4n) is 2.26. The number of carbonyl (C=O) groups excluding carboxylic acids is 2. The van der Waals surface area contributed by atoms with E-state index in [1.54, 1.807) is 24.3 Å². The van der Waals surface area contributed by atoms with E-state index in [9.17, 15) is 18.0 Å². The topological polar surface area (TPSA) is 83.6 Å². The highest BCUT2D eigenvalue weighted by Crippen LogP contribution is 2.22. The van der Waals surface area contributed by atoms with Crippen molar-refractivity contribution in [2.75, 3.05) is 6.26 Å². The number of nitrogens with zero attached hydrogens (tertiary/aromatic N) is 1. The lowest BCUT2D eigenvalue weighted by Gasteiger charge is -2.21. The Morgan fingerprint density at radius 2 is 2.10 bits per heavy atom. The first-order chi connectivity index (χ1) is 9.80. The number of benzene rings is 1. The van der Waals surface area contributed by atoms with Crippen LogP contribution in [-0.2, 0) is 26.2 Å². The molecule has 2 amide bonds. The fourth-order valence-corrected chi connectivity index (χ4v) is 3.58. The number of sulfonamides is 1. The third-order valence-electron chi connectivity index (χ3n) is 3.23. The lowest BCUT2D eigenvalue weighted by Crippen LogP contribution is -2.46. The quantitative estimate of drug-likeness (QED) is 0.889. The van der Waals surface area contributed by atoms with Gasteiger partial charge >= 0.3 is 0 Å². The second kappa shape index (κ2) is 6.03. The Bertz CT molecular complexity index is 675. The monoisotopic (exact) mass is 330 g/mol. The van der Waals surface area contributed by atoms with Crippen LogP contribution in [0.4, 0.5) is 0 Å². The Labute approximate surface area is 128 Å². The predicted molar refractivity (Wildman–Crippen MR) is 78.0 cm³/mol. The van der Waals surface area contributed by atoms with Crippen molar-refractivity contribution < 1.29 is 18.0 Å². The van der Waals surface area contributed by atoms with Gasteiger partial charge in [0.05, 0.1) is 6.26 Å². The molecule has 6 nitrogen and oxygen atoms in total. The molecule has 0 aliphatic carbocycles. The maximum Gasteiger partial charge on any atom is 0.244 e. The van der Waals surface area contributed by atoms with Crippen LogP contribution in [0.15, 0.2) is 24.3 Å². The number of halogens is 1. The van der Waals surface area contributed by atoms with Crippen molar-refractivity contribution in [3.63, 3.8) is 0 Å². The molecule has 1 unspecified atom stereocenters. The van der Waals surface area contributed by atoms with Crippen molar-refractivity contribution in [2.45, 2.75) is 25.4 Å². The zero-order chi connectivity index (χ0) is 15.6. The Morgan fingerprint density at radius 1 is 1.43 bits per heavy atom. The molecule has 114 valence electrons. The second-order valence-electron chi connectivity index (χ2n) is 4.82. The van der Waals surface area contributed by atoms with Crippen molar-refractivity contribution in [3.05, 3.63) is 34.9 Å². The molecule has 1 fully saturated rings. The number of carbonyl (C=O) groups is 2. The highest BCUT2D eigenvalue weighted by atomic mass is 35.5. The second-order valence-corrected chi connectivity index (χ2v) is 7.08. The molecule has 21 heavy (non-hydrogen) atoms. The van der Waals surface area contributed by atoms with Gasteiger partial charge in [0.2, 0.25) is 21.8 Å². The minimum Gasteiger partial charge on any atom is -0.350 e. The van der Waals surface area contributed by atoms with E-state index in [2.05, 4.69) is 5.32 Å². The summed E-state index contributed by atoms with van der Waals surface area (Å²) in [5, 5.41) is 3.14. The summed E-state index contributed by atoms with van der Waals surface area (Å²) in [5.41, 5.74) is 0.725. The Morgan fingerprint density at radius 3 is 2.71 bits per heavy atom. The number of hydrogen-bond donors (Lipinski definition) is 1. The van der Waals surface area contributed by atoms with Crippen LogP contribution in [0.5, 0.6) is 0 Å². The standard InChI is InChI=1S/C13H15ClN2O4S/c1-21(19,20)16-11(6-7-12(16)17)13(18)15-8-9-4-2-3-5-10(9)14/h2-5,11H,6-8H2,1H3,(H,15,18). The lowest BCUT2D eigenvalue weighted by molar-refractivity contribution is -0.130. The van der Waals surface area contributed by atoms with Crippen LogP contribution in [-0.4, -0.2) is 36.8 Å². The molecule has 0 spiro atoms. The van der Waals surface area contributed by atoms with Gasteiger partial charge in [-0.2, -0.15) is 0 Å². The molecule has 0 radical (unpaired) electrons. The summed E-state index contributed by atoms with van der Waals surface area (Å²) in [7, 11) is -3.74. The van der Waals surface area contributed by atoms with Gasteiger partial charge in [-0.25, -0.2) is 12.7 Å². The smallest absolute Gasteiger partial charge is 0.244 e. The molecule has 1 aromatic rings. The van der Waals surface area contributed by atoms with E-state index in [0.717, 1.165) is 11.8 Å². The molecule has 1 aliphatic heterocycles. The van der Waals surface area contributed by atoms with Gasteiger partial charge in [-0.15, -0.1) is 0 Å². The van der Waals surface area contributed by atoms with Crippen molar-refractivity contribution in [3.8, 4) is 0 Å². The zero-order valence-corrected chi connectivity index (χ0v) is 12.9. The van der Waals surface area contributed by atoms with Gasteiger partial charge in [0.25, 0.3) is 0 Å². The van der Waals surface area contributed by atoms with Crippen LogP contribution in [0.25, 0.3) is 0 Å². The molecule has 0 bridgehead atoms. The minimum atomic E-state index is -3.74. The number of amides is 2. The van der Waals surface area contributed by atoms with Gasteiger partial charge in [0.1, 0.15) is 6.04 Å². The summed E-state index contributed by atoms with van der Waals surface area (Å²) < 4.78 is 23.8. The predicted octanol–water partition coefficient (Wildman–Crippen LogP) is 0.907. The van der Waals surface area contributed by atoms with Crippen LogP contribution in [0.2, 0.25) is 5.02 Å². The summed E-state index contributed by atoms with van der Waals surface area (Å²) in [6.07, 6.45) is 1.17. The first-order valence-electron chi connectivity index (χ1n) is 6.34. The molecule has 1 N–H and O–H groups in total. The maximum atomic E-state index is 12.1. The molecular weight excluding hydrogens is 316 g/mol. The molecule has 1 heterocycles. The highest BCUT2D eigenvalue weighted by Gasteiger charge is 2.41. The molecule has 1 aromatic carbocycles. The lowest BCUT2D eigenvalue weighted by atomic mass is 10.2. The molecule has 2 rings (SSSR count). The first kappa shape index (κ1) is 15.8. The summed E-state index contributed by atoms with van der Waals surface area (Å²) in [5.74, 6) is -1.04. The van der Waals surface area contributed by atoms with Gasteiger partial charge in [-0.05, 0) is 18.1 Å². The number of nitrogens with one attached hydrogen (secondary N) is 1. The Balaban J connectivity index is 2.07. The van der Waals surface area contributed by atoms with E-state index in [1.807, 2.05) is 0 Å². The summed E-state index contributed by atoms with van der Waals surface area (Å²) >= 11 is 5.98. The number of rotatable bonds is 4. The minimum absolute atomic E-state index is 0.0528. The van der Waals surface area contributed by atoms with E-state index < -0.39 is 27.9 Å². The van der Waals surface area contributed by atoms with E-state index in [4.69, 9.17) is 11.6 Å². The molecule has 1 atom stereocenters. The molecule has 0 aromatic heterocycles. The third-order valence-corrected chi connectivity index (χ3v) is 4.77.